The molecule has 2 atom stereocenters. The highest BCUT2D eigenvalue weighted by Gasteiger charge is 2.19. The number of thiol groups is 1. The molecule has 2 heteroatoms. The standard InChI is InChI=1S/C6H12OS/c1-5-2-3-6(4-8)7-5/h5-6,8H,2-4H2,1H3/t5-,6-/m0/s1. The Bertz CT molecular complexity index is 74.9. The van der Waals surface area contributed by atoms with Crippen molar-refractivity contribution in [1.82, 2.24) is 0 Å². The number of hydrogen-bond donors (Lipinski definition) is 1. The van der Waals surface area contributed by atoms with Gasteiger partial charge in [0.2, 0.25) is 0 Å². The van der Waals surface area contributed by atoms with Gasteiger partial charge in [0.1, 0.15) is 0 Å². The molecule has 1 rings (SSSR count). The highest BCUT2D eigenvalue weighted by atomic mass is 32.1. The van der Waals surface area contributed by atoms with Crippen LogP contribution in [0.1, 0.15) is 19.8 Å². The SMILES string of the molecule is C[C@H]1CC[C@@H](CS)O1. The summed E-state index contributed by atoms with van der Waals surface area (Å²) in [6.07, 6.45) is 3.33. The second kappa shape index (κ2) is 2.74. The van der Waals surface area contributed by atoms with Crippen molar-refractivity contribution in [3.8, 4) is 0 Å². The monoisotopic (exact) mass is 132 g/mol. The largest absolute Gasteiger partial charge is 0.374 e. The molecule has 1 aliphatic heterocycles. The van der Waals surface area contributed by atoms with Gasteiger partial charge in [0, 0.05) is 5.75 Å². The first kappa shape index (κ1) is 6.43. The zero-order chi connectivity index (χ0) is 5.98. The van der Waals surface area contributed by atoms with Crippen LogP contribution in [0.25, 0.3) is 0 Å². The molecule has 1 aliphatic rings. The molecule has 48 valence electrons. The van der Waals surface area contributed by atoms with E-state index in [9.17, 15) is 0 Å². The van der Waals surface area contributed by atoms with E-state index in [1.165, 1.54) is 12.8 Å². The maximum Gasteiger partial charge on any atom is 0.0667 e. The maximum atomic E-state index is 5.43. The number of hydrogen-bond acceptors (Lipinski definition) is 2. The molecule has 0 N–H and O–H groups in total. The molecule has 1 heterocycles. The quantitative estimate of drug-likeness (QED) is 0.532. The van der Waals surface area contributed by atoms with Crippen molar-refractivity contribution in [2.75, 3.05) is 5.75 Å². The Hall–Kier alpha value is 0.310. The molecule has 1 saturated heterocycles. The fourth-order valence-electron chi connectivity index (χ4n) is 1.02. The first-order valence-electron chi connectivity index (χ1n) is 3.09. The summed E-state index contributed by atoms with van der Waals surface area (Å²) >= 11 is 4.13. The summed E-state index contributed by atoms with van der Waals surface area (Å²) in [6.45, 7) is 2.11. The van der Waals surface area contributed by atoms with Gasteiger partial charge >= 0.3 is 0 Å². The minimum atomic E-state index is 0.438. The third-order valence-corrected chi connectivity index (χ3v) is 1.93. The first-order chi connectivity index (χ1) is 3.83. The molecular weight excluding hydrogens is 120 g/mol. The van der Waals surface area contributed by atoms with Gasteiger partial charge < -0.3 is 4.74 Å². The van der Waals surface area contributed by atoms with Crippen molar-refractivity contribution in [1.29, 1.82) is 0 Å². The van der Waals surface area contributed by atoms with Gasteiger partial charge in [-0.1, -0.05) is 0 Å². The molecule has 8 heavy (non-hydrogen) atoms. The van der Waals surface area contributed by atoms with E-state index in [1.807, 2.05) is 0 Å². The van der Waals surface area contributed by atoms with E-state index in [1.54, 1.807) is 0 Å². The highest BCUT2D eigenvalue weighted by Crippen LogP contribution is 2.19. The normalized spacial score (nSPS) is 38.2. The molecule has 0 aromatic rings. The number of rotatable bonds is 1. The topological polar surface area (TPSA) is 9.23 Å². The number of ether oxygens (including phenoxy) is 1. The molecule has 0 bridgehead atoms. The summed E-state index contributed by atoms with van der Waals surface area (Å²) in [4.78, 5) is 0. The Labute approximate surface area is 55.8 Å². The molecule has 0 amide bonds. The van der Waals surface area contributed by atoms with E-state index in [2.05, 4.69) is 19.6 Å². The molecule has 1 fully saturated rings. The van der Waals surface area contributed by atoms with E-state index in [-0.39, 0.29) is 0 Å². The van der Waals surface area contributed by atoms with Crippen LogP contribution in [0.5, 0.6) is 0 Å². The first-order valence-corrected chi connectivity index (χ1v) is 3.72. The summed E-state index contributed by atoms with van der Waals surface area (Å²) in [5.41, 5.74) is 0. The minimum absolute atomic E-state index is 0.438. The molecule has 0 unspecified atom stereocenters. The lowest BCUT2D eigenvalue weighted by Gasteiger charge is -2.05. The average molecular weight is 132 g/mol. The van der Waals surface area contributed by atoms with Gasteiger partial charge in [-0.3, -0.25) is 0 Å². The van der Waals surface area contributed by atoms with Crippen LogP contribution in [-0.4, -0.2) is 18.0 Å². The van der Waals surface area contributed by atoms with E-state index in [0.717, 1.165) is 5.75 Å². The Morgan fingerprint density at radius 2 is 2.38 bits per heavy atom. The van der Waals surface area contributed by atoms with Crippen LogP contribution < -0.4 is 0 Å². The van der Waals surface area contributed by atoms with Crippen molar-refractivity contribution in [3.63, 3.8) is 0 Å². The smallest absolute Gasteiger partial charge is 0.0667 e. The van der Waals surface area contributed by atoms with Crippen molar-refractivity contribution in [2.24, 2.45) is 0 Å². The third kappa shape index (κ3) is 1.39. The van der Waals surface area contributed by atoms with Gasteiger partial charge in [0.15, 0.2) is 0 Å². The molecule has 0 aliphatic carbocycles. The lowest BCUT2D eigenvalue weighted by Crippen LogP contribution is -2.08. The van der Waals surface area contributed by atoms with Crippen LogP contribution in [0.2, 0.25) is 0 Å². The highest BCUT2D eigenvalue weighted by molar-refractivity contribution is 7.80. The molecular formula is C6H12OS. The lowest BCUT2D eigenvalue weighted by molar-refractivity contribution is 0.0702. The van der Waals surface area contributed by atoms with Gasteiger partial charge in [-0.2, -0.15) is 12.6 Å². The molecule has 0 aromatic carbocycles. The van der Waals surface area contributed by atoms with Crippen LogP contribution >= 0.6 is 12.6 Å². The van der Waals surface area contributed by atoms with Gasteiger partial charge in [-0.15, -0.1) is 0 Å². The van der Waals surface area contributed by atoms with Crippen LogP contribution in [0.3, 0.4) is 0 Å². The molecule has 0 radical (unpaired) electrons. The zero-order valence-electron chi connectivity index (χ0n) is 5.13. The zero-order valence-corrected chi connectivity index (χ0v) is 6.03. The minimum Gasteiger partial charge on any atom is -0.374 e. The van der Waals surface area contributed by atoms with Crippen molar-refractivity contribution in [3.05, 3.63) is 0 Å². The fourth-order valence-corrected chi connectivity index (χ4v) is 1.29. The summed E-state index contributed by atoms with van der Waals surface area (Å²) < 4.78 is 5.43. The van der Waals surface area contributed by atoms with Gasteiger partial charge in [0.05, 0.1) is 12.2 Å². The summed E-state index contributed by atoms with van der Waals surface area (Å²) in [5.74, 6) is 0.879. The maximum absolute atomic E-state index is 5.43. The fraction of sp³-hybridized carbons (Fsp3) is 1.00. The van der Waals surface area contributed by atoms with Crippen molar-refractivity contribution in [2.45, 2.75) is 32.0 Å². The van der Waals surface area contributed by atoms with E-state index in [4.69, 9.17) is 4.74 Å². The molecule has 1 nitrogen and oxygen atoms in total. The molecule has 0 saturated carbocycles. The summed E-state index contributed by atoms with van der Waals surface area (Å²) in [7, 11) is 0. The average Bonchev–Trinajstić information content (AvgIpc) is 2.14. The van der Waals surface area contributed by atoms with Crippen molar-refractivity contribution < 1.29 is 4.74 Å². The predicted molar refractivity (Wildman–Crippen MR) is 37.4 cm³/mol. The van der Waals surface area contributed by atoms with Gasteiger partial charge in [-0.05, 0) is 19.8 Å². The van der Waals surface area contributed by atoms with Gasteiger partial charge in [-0.25, -0.2) is 0 Å². The molecule has 0 aromatic heterocycles. The third-order valence-electron chi connectivity index (χ3n) is 1.52. The summed E-state index contributed by atoms with van der Waals surface area (Å²) in [6, 6.07) is 0. The van der Waals surface area contributed by atoms with Crippen molar-refractivity contribution >= 4 is 12.6 Å². The summed E-state index contributed by atoms with van der Waals surface area (Å²) in [5, 5.41) is 0. The van der Waals surface area contributed by atoms with Crippen LogP contribution in [-0.2, 0) is 4.74 Å². The van der Waals surface area contributed by atoms with E-state index < -0.39 is 0 Å². The second-order valence-electron chi connectivity index (χ2n) is 2.33. The molecule has 0 spiro atoms. The second-order valence-corrected chi connectivity index (χ2v) is 2.69. The van der Waals surface area contributed by atoms with Crippen LogP contribution in [0.4, 0.5) is 0 Å². The van der Waals surface area contributed by atoms with E-state index in [0.29, 0.717) is 12.2 Å². The predicted octanol–water partition coefficient (Wildman–Crippen LogP) is 1.48. The van der Waals surface area contributed by atoms with Crippen LogP contribution in [0.15, 0.2) is 0 Å². The van der Waals surface area contributed by atoms with Crippen LogP contribution in [0, 0.1) is 0 Å². The Balaban J connectivity index is 2.22. The Kier molecular flexibility index (Phi) is 2.20. The lowest BCUT2D eigenvalue weighted by atomic mass is 10.2. The van der Waals surface area contributed by atoms with E-state index >= 15 is 0 Å². The Morgan fingerprint density at radius 3 is 2.62 bits per heavy atom. The Morgan fingerprint density at radius 1 is 1.62 bits per heavy atom. The van der Waals surface area contributed by atoms with Gasteiger partial charge in [0.25, 0.3) is 0 Å².